The van der Waals surface area contributed by atoms with Gasteiger partial charge in [-0.15, -0.1) is 23.1 Å². The molecule has 1 unspecified atom stereocenters. The number of thioether (sulfide) groups is 2. The largest absolute Gasteiger partial charge is 0.355 e. The molecule has 3 heterocycles. The zero-order valence-corrected chi connectivity index (χ0v) is 19.1. The van der Waals surface area contributed by atoms with Gasteiger partial charge in [0.2, 0.25) is 5.91 Å². The fourth-order valence-electron chi connectivity index (χ4n) is 3.43. The standard InChI is InChI=1S/C21H23N3O2S3/c1-4-22-17(25)13(3)28-21-23-18-16(15-9-6-10-27-20(15)29-18)19(26)24(21)14-8-5-7-12(2)11-14/h5,7-8,11,13H,4,6,9-10H2,1-3H3,(H,22,25). The van der Waals surface area contributed by atoms with Crippen LogP contribution in [0.5, 0.6) is 0 Å². The van der Waals surface area contributed by atoms with E-state index in [0.717, 1.165) is 45.6 Å². The van der Waals surface area contributed by atoms with E-state index >= 15 is 0 Å². The highest BCUT2D eigenvalue weighted by Crippen LogP contribution is 2.41. The summed E-state index contributed by atoms with van der Waals surface area (Å²) in [5.41, 5.74) is 2.98. The number of thiophene rings is 1. The van der Waals surface area contributed by atoms with Gasteiger partial charge in [-0.2, -0.15) is 0 Å². The van der Waals surface area contributed by atoms with Gasteiger partial charge in [-0.05, 0) is 62.6 Å². The summed E-state index contributed by atoms with van der Waals surface area (Å²) in [6.07, 6.45) is 2.01. The van der Waals surface area contributed by atoms with Gasteiger partial charge in [-0.3, -0.25) is 14.2 Å². The number of benzene rings is 1. The molecule has 0 saturated heterocycles. The Hall–Kier alpha value is -1.77. The summed E-state index contributed by atoms with van der Waals surface area (Å²) in [4.78, 5) is 31.6. The van der Waals surface area contributed by atoms with E-state index in [9.17, 15) is 9.59 Å². The molecule has 0 spiro atoms. The van der Waals surface area contributed by atoms with Crippen LogP contribution in [0.15, 0.2) is 38.4 Å². The topological polar surface area (TPSA) is 64.0 Å². The number of aromatic nitrogens is 2. The first-order chi connectivity index (χ1) is 14.0. The van der Waals surface area contributed by atoms with Gasteiger partial charge in [0, 0.05) is 6.54 Å². The number of nitrogens with zero attached hydrogens (tertiary/aromatic N) is 2. The summed E-state index contributed by atoms with van der Waals surface area (Å²) in [5, 5.41) is 3.81. The molecule has 0 aliphatic carbocycles. The van der Waals surface area contributed by atoms with Crippen LogP contribution in [0.2, 0.25) is 0 Å². The molecule has 0 bridgehead atoms. The maximum atomic E-state index is 13.7. The van der Waals surface area contributed by atoms with Crippen LogP contribution >= 0.6 is 34.9 Å². The first kappa shape index (κ1) is 20.5. The van der Waals surface area contributed by atoms with Crippen molar-refractivity contribution in [3.8, 4) is 5.69 Å². The molecule has 0 radical (unpaired) electrons. The summed E-state index contributed by atoms with van der Waals surface area (Å²) in [5.74, 6) is 1.03. The monoisotopic (exact) mass is 445 g/mol. The lowest BCUT2D eigenvalue weighted by Gasteiger charge is -2.16. The van der Waals surface area contributed by atoms with Gasteiger partial charge in [0.25, 0.3) is 5.56 Å². The van der Waals surface area contributed by atoms with Gasteiger partial charge in [-0.25, -0.2) is 4.98 Å². The lowest BCUT2D eigenvalue weighted by molar-refractivity contribution is -0.120. The second-order valence-corrected chi connectivity index (χ2v) is 10.7. The normalized spacial score (nSPS) is 14.6. The molecule has 5 nitrogen and oxygen atoms in total. The van der Waals surface area contributed by atoms with Gasteiger partial charge in [0.1, 0.15) is 4.83 Å². The average Bonchev–Trinajstić information content (AvgIpc) is 3.06. The van der Waals surface area contributed by atoms with Crippen molar-refractivity contribution in [2.24, 2.45) is 0 Å². The van der Waals surface area contributed by atoms with Crippen LogP contribution < -0.4 is 10.9 Å². The quantitative estimate of drug-likeness (QED) is 0.466. The number of carbonyl (C=O) groups is 1. The maximum Gasteiger partial charge on any atom is 0.267 e. The van der Waals surface area contributed by atoms with Crippen LogP contribution in [-0.2, 0) is 11.2 Å². The van der Waals surface area contributed by atoms with Crippen molar-refractivity contribution in [2.75, 3.05) is 12.3 Å². The van der Waals surface area contributed by atoms with Gasteiger partial charge in [-0.1, -0.05) is 23.9 Å². The minimum absolute atomic E-state index is 0.0359. The minimum Gasteiger partial charge on any atom is -0.355 e. The van der Waals surface area contributed by atoms with E-state index in [2.05, 4.69) is 5.32 Å². The Morgan fingerprint density at radius 3 is 3.00 bits per heavy atom. The van der Waals surface area contributed by atoms with Crippen molar-refractivity contribution < 1.29 is 4.79 Å². The Kier molecular flexibility index (Phi) is 6.03. The van der Waals surface area contributed by atoms with Crippen molar-refractivity contribution in [1.82, 2.24) is 14.9 Å². The molecule has 0 saturated carbocycles. The van der Waals surface area contributed by atoms with Crippen LogP contribution in [0.4, 0.5) is 0 Å². The summed E-state index contributed by atoms with van der Waals surface area (Å²) in [6, 6.07) is 7.87. The van der Waals surface area contributed by atoms with Crippen molar-refractivity contribution >= 4 is 51.0 Å². The molecular weight excluding hydrogens is 422 g/mol. The molecule has 1 amide bonds. The molecule has 1 N–H and O–H groups in total. The number of amides is 1. The summed E-state index contributed by atoms with van der Waals surface area (Å²) in [6.45, 7) is 6.33. The van der Waals surface area contributed by atoms with Crippen molar-refractivity contribution in [2.45, 2.75) is 48.2 Å². The third-order valence-electron chi connectivity index (χ3n) is 4.82. The van der Waals surface area contributed by atoms with E-state index in [1.165, 1.54) is 16.0 Å². The highest BCUT2D eigenvalue weighted by molar-refractivity contribution is 8.01. The second kappa shape index (κ2) is 8.53. The van der Waals surface area contributed by atoms with Crippen LogP contribution in [0.3, 0.4) is 0 Å². The first-order valence-corrected chi connectivity index (χ1v) is 12.4. The van der Waals surface area contributed by atoms with Crippen molar-refractivity contribution in [3.63, 3.8) is 0 Å². The number of nitrogens with one attached hydrogen (secondary N) is 1. The first-order valence-electron chi connectivity index (χ1n) is 9.72. The summed E-state index contributed by atoms with van der Waals surface area (Å²) < 4.78 is 2.90. The molecule has 1 aromatic carbocycles. The molecule has 3 aromatic rings. The van der Waals surface area contributed by atoms with Gasteiger partial charge < -0.3 is 5.32 Å². The zero-order valence-electron chi connectivity index (χ0n) is 16.7. The molecule has 2 aromatic heterocycles. The lowest BCUT2D eigenvalue weighted by atomic mass is 10.1. The summed E-state index contributed by atoms with van der Waals surface area (Å²) in [7, 11) is 0. The highest BCUT2D eigenvalue weighted by Gasteiger charge is 2.25. The molecule has 4 rings (SSSR count). The van der Waals surface area contributed by atoms with Crippen LogP contribution in [-0.4, -0.2) is 33.0 Å². The fraction of sp³-hybridized carbons (Fsp3) is 0.381. The number of carbonyl (C=O) groups excluding carboxylic acids is 1. The van der Waals surface area contributed by atoms with E-state index in [-0.39, 0.29) is 16.7 Å². The van der Waals surface area contributed by atoms with E-state index in [4.69, 9.17) is 4.98 Å². The van der Waals surface area contributed by atoms with Crippen LogP contribution in [0.1, 0.15) is 31.4 Å². The number of rotatable bonds is 5. The average molecular weight is 446 g/mol. The summed E-state index contributed by atoms with van der Waals surface area (Å²) >= 11 is 4.76. The molecule has 0 fully saturated rings. The predicted octanol–water partition coefficient (Wildman–Crippen LogP) is 4.41. The Balaban J connectivity index is 1.92. The second-order valence-electron chi connectivity index (χ2n) is 7.03. The Bertz CT molecular complexity index is 1140. The number of aryl methyl sites for hydroxylation is 2. The van der Waals surface area contributed by atoms with Gasteiger partial charge in [0.05, 0.1) is 20.5 Å². The molecule has 1 atom stereocenters. The van der Waals surface area contributed by atoms with Crippen molar-refractivity contribution in [3.05, 3.63) is 45.7 Å². The van der Waals surface area contributed by atoms with E-state index in [1.807, 2.05) is 56.8 Å². The molecule has 1 aliphatic heterocycles. The molecule has 1 aliphatic rings. The lowest BCUT2D eigenvalue weighted by Crippen LogP contribution is -2.31. The third kappa shape index (κ3) is 3.98. The highest BCUT2D eigenvalue weighted by atomic mass is 32.2. The van der Waals surface area contributed by atoms with Crippen molar-refractivity contribution in [1.29, 1.82) is 0 Å². The molecular formula is C21H23N3O2S3. The van der Waals surface area contributed by atoms with Crippen LogP contribution in [0, 0.1) is 6.92 Å². The minimum atomic E-state index is -0.348. The van der Waals surface area contributed by atoms with E-state index in [0.29, 0.717) is 11.7 Å². The third-order valence-corrected chi connectivity index (χ3v) is 8.40. The fourth-order valence-corrected chi connectivity index (χ4v) is 6.95. The number of fused-ring (bicyclic) bond motifs is 3. The Morgan fingerprint density at radius 1 is 1.41 bits per heavy atom. The number of hydrogen-bond donors (Lipinski definition) is 1. The molecule has 29 heavy (non-hydrogen) atoms. The smallest absolute Gasteiger partial charge is 0.267 e. The zero-order chi connectivity index (χ0) is 20.5. The van der Waals surface area contributed by atoms with Gasteiger partial charge in [0.15, 0.2) is 5.16 Å². The molecule has 8 heteroatoms. The van der Waals surface area contributed by atoms with Gasteiger partial charge >= 0.3 is 0 Å². The predicted molar refractivity (Wildman–Crippen MR) is 123 cm³/mol. The molecule has 152 valence electrons. The van der Waals surface area contributed by atoms with E-state index < -0.39 is 0 Å². The number of hydrogen-bond acceptors (Lipinski definition) is 6. The SMILES string of the molecule is CCNC(=O)C(C)Sc1nc2sc3c(c2c(=O)n1-c1cccc(C)c1)CCCS3. The van der Waals surface area contributed by atoms with Crippen LogP contribution in [0.25, 0.3) is 15.9 Å². The Labute approximate surface area is 182 Å². The van der Waals surface area contributed by atoms with E-state index in [1.54, 1.807) is 15.9 Å². The maximum absolute atomic E-state index is 13.7. The Morgan fingerprint density at radius 2 is 2.24 bits per heavy atom.